The van der Waals surface area contributed by atoms with Crippen LogP contribution >= 0.6 is 23.2 Å². The predicted octanol–water partition coefficient (Wildman–Crippen LogP) is 5.44. The van der Waals surface area contributed by atoms with Gasteiger partial charge in [0.25, 0.3) is 0 Å². The number of halogens is 2. The summed E-state index contributed by atoms with van der Waals surface area (Å²) in [5.41, 5.74) is 2.07. The summed E-state index contributed by atoms with van der Waals surface area (Å²) in [6.07, 6.45) is 8.99. The van der Waals surface area contributed by atoms with Gasteiger partial charge in [0.1, 0.15) is 5.82 Å². The van der Waals surface area contributed by atoms with Crippen molar-refractivity contribution >= 4 is 34.2 Å². The molecule has 4 heteroatoms. The number of fused-ring (bicyclic) bond motifs is 1. The smallest absolute Gasteiger partial charge is 0.111 e. The standard InChI is InChI=1S/C17H22Cl2N2/c18-11-9-16-20-15-8-4-7-14(19)17(15)21(16)12-10-13-5-2-1-3-6-13/h4,7-8,13H,1-3,5-6,9-12H2. The van der Waals surface area contributed by atoms with Crippen LogP contribution in [0.25, 0.3) is 11.0 Å². The van der Waals surface area contributed by atoms with Crippen molar-refractivity contribution in [3.8, 4) is 0 Å². The molecule has 1 saturated carbocycles. The Balaban J connectivity index is 1.85. The number of benzene rings is 1. The van der Waals surface area contributed by atoms with Gasteiger partial charge in [0, 0.05) is 18.8 Å². The zero-order chi connectivity index (χ0) is 14.7. The molecule has 0 N–H and O–H groups in total. The Kier molecular flexibility index (Phi) is 5.07. The van der Waals surface area contributed by atoms with Crippen molar-refractivity contribution < 1.29 is 0 Å². The third-order valence-electron chi connectivity index (χ3n) is 4.60. The van der Waals surface area contributed by atoms with Crippen molar-refractivity contribution in [3.05, 3.63) is 29.0 Å². The first-order chi connectivity index (χ1) is 10.3. The lowest BCUT2D eigenvalue weighted by molar-refractivity contribution is 0.324. The van der Waals surface area contributed by atoms with Crippen LogP contribution in [0.2, 0.25) is 5.02 Å². The maximum Gasteiger partial charge on any atom is 0.111 e. The molecule has 1 aliphatic carbocycles. The number of aryl methyl sites for hydroxylation is 2. The minimum Gasteiger partial charge on any atom is -0.327 e. The first kappa shape index (κ1) is 15.2. The molecule has 2 nitrogen and oxygen atoms in total. The third-order valence-corrected chi connectivity index (χ3v) is 5.09. The van der Waals surface area contributed by atoms with Gasteiger partial charge in [-0.25, -0.2) is 4.98 Å². The first-order valence-corrected chi connectivity index (χ1v) is 8.90. The molecule has 1 aliphatic rings. The lowest BCUT2D eigenvalue weighted by atomic mass is 9.87. The number of para-hydroxylation sites is 1. The van der Waals surface area contributed by atoms with Crippen LogP contribution in [-0.4, -0.2) is 15.4 Å². The van der Waals surface area contributed by atoms with Gasteiger partial charge in [-0.1, -0.05) is 49.8 Å². The monoisotopic (exact) mass is 324 g/mol. The molecule has 0 spiro atoms. The molecule has 0 atom stereocenters. The summed E-state index contributed by atoms with van der Waals surface area (Å²) < 4.78 is 2.30. The van der Waals surface area contributed by atoms with E-state index in [9.17, 15) is 0 Å². The lowest BCUT2D eigenvalue weighted by Crippen LogP contribution is -2.12. The summed E-state index contributed by atoms with van der Waals surface area (Å²) >= 11 is 12.3. The van der Waals surface area contributed by atoms with Crippen molar-refractivity contribution in [3.63, 3.8) is 0 Å². The van der Waals surface area contributed by atoms with E-state index in [4.69, 9.17) is 28.2 Å². The highest BCUT2D eigenvalue weighted by molar-refractivity contribution is 6.35. The van der Waals surface area contributed by atoms with Gasteiger partial charge in [-0.15, -0.1) is 11.6 Å². The van der Waals surface area contributed by atoms with Gasteiger partial charge in [-0.2, -0.15) is 0 Å². The van der Waals surface area contributed by atoms with Crippen molar-refractivity contribution in [2.24, 2.45) is 5.92 Å². The van der Waals surface area contributed by atoms with E-state index in [1.807, 2.05) is 18.2 Å². The predicted molar refractivity (Wildman–Crippen MR) is 90.4 cm³/mol. The third kappa shape index (κ3) is 3.37. The van der Waals surface area contributed by atoms with Gasteiger partial charge < -0.3 is 4.57 Å². The van der Waals surface area contributed by atoms with Gasteiger partial charge in [-0.05, 0) is 24.5 Å². The molecular weight excluding hydrogens is 303 g/mol. The Morgan fingerprint density at radius 2 is 2.00 bits per heavy atom. The van der Waals surface area contributed by atoms with E-state index in [2.05, 4.69) is 4.57 Å². The van der Waals surface area contributed by atoms with Gasteiger partial charge in [0.15, 0.2) is 0 Å². The molecule has 3 rings (SSSR count). The fourth-order valence-electron chi connectivity index (χ4n) is 3.49. The highest BCUT2D eigenvalue weighted by Gasteiger charge is 2.17. The van der Waals surface area contributed by atoms with E-state index >= 15 is 0 Å². The number of nitrogens with zero attached hydrogens (tertiary/aromatic N) is 2. The van der Waals surface area contributed by atoms with E-state index in [1.165, 1.54) is 38.5 Å². The molecule has 0 aliphatic heterocycles. The molecule has 0 amide bonds. The van der Waals surface area contributed by atoms with Crippen LogP contribution in [0.3, 0.4) is 0 Å². The summed E-state index contributed by atoms with van der Waals surface area (Å²) in [4.78, 5) is 4.72. The van der Waals surface area contributed by atoms with E-state index in [-0.39, 0.29) is 0 Å². The zero-order valence-corrected chi connectivity index (χ0v) is 13.8. The minimum absolute atomic E-state index is 0.602. The van der Waals surface area contributed by atoms with Crippen LogP contribution in [0.4, 0.5) is 0 Å². The normalized spacial score (nSPS) is 16.7. The van der Waals surface area contributed by atoms with Crippen molar-refractivity contribution in [2.75, 3.05) is 5.88 Å². The Labute approximate surface area is 136 Å². The second-order valence-electron chi connectivity index (χ2n) is 6.02. The Bertz CT molecular complexity index is 600. The average Bonchev–Trinajstić information content (AvgIpc) is 2.85. The molecule has 21 heavy (non-hydrogen) atoms. The largest absolute Gasteiger partial charge is 0.327 e. The molecule has 1 fully saturated rings. The fraction of sp³-hybridized carbons (Fsp3) is 0.588. The number of aromatic nitrogens is 2. The summed E-state index contributed by atoms with van der Waals surface area (Å²) in [5, 5.41) is 0.796. The quantitative estimate of drug-likeness (QED) is 0.669. The molecule has 1 aromatic carbocycles. The van der Waals surface area contributed by atoms with Crippen LogP contribution < -0.4 is 0 Å². The first-order valence-electron chi connectivity index (χ1n) is 7.99. The number of alkyl halides is 1. The molecule has 2 aromatic rings. The Morgan fingerprint density at radius 1 is 1.19 bits per heavy atom. The van der Waals surface area contributed by atoms with Gasteiger partial charge in [-0.3, -0.25) is 0 Å². The Morgan fingerprint density at radius 3 is 2.76 bits per heavy atom. The van der Waals surface area contributed by atoms with E-state index in [0.717, 1.165) is 40.8 Å². The topological polar surface area (TPSA) is 17.8 Å². The molecule has 114 valence electrons. The number of imidazole rings is 1. The van der Waals surface area contributed by atoms with Crippen LogP contribution in [0.1, 0.15) is 44.3 Å². The lowest BCUT2D eigenvalue weighted by Gasteiger charge is -2.22. The summed E-state index contributed by atoms with van der Waals surface area (Å²) in [6.45, 7) is 1.01. The molecule has 0 bridgehead atoms. The molecule has 0 unspecified atom stereocenters. The number of hydrogen-bond donors (Lipinski definition) is 0. The highest BCUT2D eigenvalue weighted by Crippen LogP contribution is 2.29. The second kappa shape index (κ2) is 7.02. The van der Waals surface area contributed by atoms with Crippen molar-refractivity contribution in [2.45, 2.75) is 51.5 Å². The van der Waals surface area contributed by atoms with Gasteiger partial charge >= 0.3 is 0 Å². The van der Waals surface area contributed by atoms with Crippen molar-refractivity contribution in [1.82, 2.24) is 9.55 Å². The molecule has 1 heterocycles. The maximum absolute atomic E-state index is 6.40. The average molecular weight is 325 g/mol. The molecule has 0 saturated heterocycles. The zero-order valence-electron chi connectivity index (χ0n) is 12.3. The number of rotatable bonds is 5. The maximum atomic E-state index is 6.40. The molecular formula is C17H22Cl2N2. The fourth-order valence-corrected chi connectivity index (χ4v) is 3.93. The Hall–Kier alpha value is -0.730. The number of hydrogen-bond acceptors (Lipinski definition) is 1. The van der Waals surface area contributed by atoms with Gasteiger partial charge in [0.2, 0.25) is 0 Å². The van der Waals surface area contributed by atoms with E-state index in [0.29, 0.717) is 5.88 Å². The molecule has 1 aromatic heterocycles. The van der Waals surface area contributed by atoms with Crippen LogP contribution in [0.15, 0.2) is 18.2 Å². The van der Waals surface area contributed by atoms with Crippen LogP contribution in [-0.2, 0) is 13.0 Å². The second-order valence-corrected chi connectivity index (χ2v) is 6.80. The van der Waals surface area contributed by atoms with Crippen molar-refractivity contribution in [1.29, 1.82) is 0 Å². The van der Waals surface area contributed by atoms with Crippen LogP contribution in [0.5, 0.6) is 0 Å². The van der Waals surface area contributed by atoms with E-state index < -0.39 is 0 Å². The molecule has 0 radical (unpaired) electrons. The summed E-state index contributed by atoms with van der Waals surface area (Å²) in [6, 6.07) is 5.96. The van der Waals surface area contributed by atoms with Crippen LogP contribution in [0, 0.1) is 5.92 Å². The highest BCUT2D eigenvalue weighted by atomic mass is 35.5. The van der Waals surface area contributed by atoms with E-state index in [1.54, 1.807) is 0 Å². The summed E-state index contributed by atoms with van der Waals surface area (Å²) in [7, 11) is 0. The summed E-state index contributed by atoms with van der Waals surface area (Å²) in [5.74, 6) is 2.54. The van der Waals surface area contributed by atoms with Gasteiger partial charge in [0.05, 0.1) is 16.1 Å². The SMILES string of the molecule is ClCCc1nc2cccc(Cl)c2n1CCC1CCCCC1. The minimum atomic E-state index is 0.602.